The third-order valence-corrected chi connectivity index (χ3v) is 3.53. The van der Waals surface area contributed by atoms with E-state index in [1.807, 2.05) is 0 Å². The van der Waals surface area contributed by atoms with Gasteiger partial charge in [-0.05, 0) is 53.2 Å². The highest BCUT2D eigenvalue weighted by molar-refractivity contribution is 4.73. The maximum atomic E-state index is 3.31. The van der Waals surface area contributed by atoms with Gasteiger partial charge in [0.1, 0.15) is 0 Å². The molecule has 2 unspecified atom stereocenters. The number of hydrogen-bond donors (Lipinski definition) is 1. The van der Waals surface area contributed by atoms with Crippen LogP contribution in [-0.4, -0.2) is 37.1 Å². The van der Waals surface area contributed by atoms with Crippen LogP contribution in [0.3, 0.4) is 0 Å². The molecule has 1 fully saturated rings. The first-order valence-electron chi connectivity index (χ1n) is 6.15. The van der Waals surface area contributed by atoms with E-state index in [2.05, 4.69) is 31.1 Å². The molecule has 1 N–H and O–H groups in total. The van der Waals surface area contributed by atoms with Crippen LogP contribution in [-0.2, 0) is 0 Å². The Bertz CT molecular complexity index is 147. The largest absolute Gasteiger partial charge is 0.317 e. The van der Waals surface area contributed by atoms with Crippen LogP contribution in [0.25, 0.3) is 0 Å². The molecule has 1 aliphatic heterocycles. The van der Waals surface area contributed by atoms with Crippen LogP contribution in [0, 0.1) is 0 Å². The predicted molar refractivity (Wildman–Crippen MR) is 62.6 cm³/mol. The molecule has 14 heavy (non-hydrogen) atoms. The Kier molecular flexibility index (Phi) is 5.49. The molecule has 0 bridgehead atoms. The fourth-order valence-electron chi connectivity index (χ4n) is 2.17. The van der Waals surface area contributed by atoms with Crippen LogP contribution in [0.5, 0.6) is 0 Å². The van der Waals surface area contributed by atoms with Crippen LogP contribution >= 0.6 is 0 Å². The molecule has 0 spiro atoms. The summed E-state index contributed by atoms with van der Waals surface area (Å²) in [5.41, 5.74) is 0. The minimum absolute atomic E-state index is 0.658. The number of likely N-dealkylation sites (tertiary alicyclic amines) is 1. The fraction of sp³-hybridized carbons (Fsp3) is 1.00. The minimum atomic E-state index is 0.658. The van der Waals surface area contributed by atoms with Crippen molar-refractivity contribution in [3.05, 3.63) is 0 Å². The van der Waals surface area contributed by atoms with E-state index >= 15 is 0 Å². The van der Waals surface area contributed by atoms with Gasteiger partial charge in [-0.3, -0.25) is 0 Å². The second-order valence-electron chi connectivity index (χ2n) is 4.71. The maximum absolute atomic E-state index is 3.31. The number of hydrogen-bond acceptors (Lipinski definition) is 2. The number of nitrogens with zero attached hydrogens (tertiary/aromatic N) is 1. The molecule has 84 valence electrons. The number of rotatable bonds is 4. The molecule has 0 radical (unpaired) electrons. The molecule has 0 aromatic heterocycles. The second-order valence-corrected chi connectivity index (χ2v) is 4.71. The Morgan fingerprint density at radius 2 is 2.14 bits per heavy atom. The van der Waals surface area contributed by atoms with Crippen molar-refractivity contribution in [3.8, 4) is 0 Å². The highest BCUT2D eigenvalue weighted by Crippen LogP contribution is 2.16. The van der Waals surface area contributed by atoms with Crippen molar-refractivity contribution in [1.29, 1.82) is 0 Å². The van der Waals surface area contributed by atoms with Crippen LogP contribution < -0.4 is 5.32 Å². The molecule has 1 heterocycles. The Labute approximate surface area is 89.1 Å². The van der Waals surface area contributed by atoms with Gasteiger partial charge in [-0.15, -0.1) is 0 Å². The van der Waals surface area contributed by atoms with Crippen LogP contribution in [0.1, 0.15) is 46.0 Å². The standard InChI is InChI=1S/C12H26N2/c1-11(13-3)8-10-14-9-6-4-5-7-12(14)2/h11-13H,4-10H2,1-3H3. The highest BCUT2D eigenvalue weighted by atomic mass is 15.1. The molecule has 0 amide bonds. The summed E-state index contributed by atoms with van der Waals surface area (Å²) in [5.74, 6) is 0. The normalized spacial score (nSPS) is 27.2. The minimum Gasteiger partial charge on any atom is -0.317 e. The van der Waals surface area contributed by atoms with E-state index in [0.717, 1.165) is 6.04 Å². The molecule has 1 aliphatic rings. The van der Waals surface area contributed by atoms with Gasteiger partial charge in [0.2, 0.25) is 0 Å². The van der Waals surface area contributed by atoms with Gasteiger partial charge in [0.25, 0.3) is 0 Å². The van der Waals surface area contributed by atoms with Gasteiger partial charge in [-0.25, -0.2) is 0 Å². The molecule has 2 atom stereocenters. The van der Waals surface area contributed by atoms with E-state index in [4.69, 9.17) is 0 Å². The van der Waals surface area contributed by atoms with Crippen molar-refractivity contribution in [2.45, 2.75) is 58.0 Å². The monoisotopic (exact) mass is 198 g/mol. The lowest BCUT2D eigenvalue weighted by molar-refractivity contribution is 0.204. The van der Waals surface area contributed by atoms with Crippen molar-refractivity contribution in [2.24, 2.45) is 0 Å². The van der Waals surface area contributed by atoms with Gasteiger partial charge in [0.05, 0.1) is 0 Å². The lowest BCUT2D eigenvalue weighted by Crippen LogP contribution is -2.36. The van der Waals surface area contributed by atoms with E-state index in [1.165, 1.54) is 45.2 Å². The topological polar surface area (TPSA) is 15.3 Å². The van der Waals surface area contributed by atoms with E-state index in [1.54, 1.807) is 0 Å². The molecular weight excluding hydrogens is 172 g/mol. The zero-order valence-corrected chi connectivity index (χ0v) is 10.1. The summed E-state index contributed by atoms with van der Waals surface area (Å²) in [7, 11) is 2.05. The summed E-state index contributed by atoms with van der Waals surface area (Å²) in [6.07, 6.45) is 6.94. The Morgan fingerprint density at radius 3 is 2.86 bits per heavy atom. The third kappa shape index (κ3) is 3.97. The SMILES string of the molecule is CNC(C)CCN1CCCCCC1C. The second kappa shape index (κ2) is 6.41. The molecule has 0 aromatic rings. The Hall–Kier alpha value is -0.0800. The quantitative estimate of drug-likeness (QED) is 0.745. The summed E-state index contributed by atoms with van der Waals surface area (Å²) in [6, 6.07) is 1.46. The summed E-state index contributed by atoms with van der Waals surface area (Å²) < 4.78 is 0. The van der Waals surface area contributed by atoms with Crippen molar-refractivity contribution in [2.75, 3.05) is 20.1 Å². The Morgan fingerprint density at radius 1 is 1.36 bits per heavy atom. The van der Waals surface area contributed by atoms with E-state index in [-0.39, 0.29) is 0 Å². The molecule has 0 saturated carbocycles. The van der Waals surface area contributed by atoms with Gasteiger partial charge >= 0.3 is 0 Å². The van der Waals surface area contributed by atoms with Gasteiger partial charge in [0, 0.05) is 12.1 Å². The average molecular weight is 198 g/mol. The third-order valence-electron chi connectivity index (χ3n) is 3.53. The van der Waals surface area contributed by atoms with E-state index < -0.39 is 0 Å². The molecule has 2 heteroatoms. The van der Waals surface area contributed by atoms with E-state index in [0.29, 0.717) is 6.04 Å². The van der Waals surface area contributed by atoms with Crippen LogP contribution in [0.4, 0.5) is 0 Å². The van der Waals surface area contributed by atoms with Crippen LogP contribution in [0.15, 0.2) is 0 Å². The van der Waals surface area contributed by atoms with Crippen molar-refractivity contribution < 1.29 is 0 Å². The highest BCUT2D eigenvalue weighted by Gasteiger charge is 2.16. The maximum Gasteiger partial charge on any atom is 0.00669 e. The van der Waals surface area contributed by atoms with Gasteiger partial charge in [-0.2, -0.15) is 0 Å². The first kappa shape index (κ1) is 12.0. The molecule has 0 aromatic carbocycles. The summed E-state index contributed by atoms with van der Waals surface area (Å²) >= 11 is 0. The molecular formula is C12H26N2. The molecule has 1 rings (SSSR count). The average Bonchev–Trinajstić information content (AvgIpc) is 2.39. The van der Waals surface area contributed by atoms with E-state index in [9.17, 15) is 0 Å². The first-order valence-corrected chi connectivity index (χ1v) is 6.15. The number of nitrogens with one attached hydrogen (secondary N) is 1. The lowest BCUT2D eigenvalue weighted by atomic mass is 10.1. The zero-order chi connectivity index (χ0) is 10.4. The summed E-state index contributed by atoms with van der Waals surface area (Å²) in [6.45, 7) is 7.23. The lowest BCUT2D eigenvalue weighted by Gasteiger charge is -2.27. The van der Waals surface area contributed by atoms with Crippen LogP contribution in [0.2, 0.25) is 0 Å². The van der Waals surface area contributed by atoms with Crippen molar-refractivity contribution >= 4 is 0 Å². The smallest absolute Gasteiger partial charge is 0.00669 e. The van der Waals surface area contributed by atoms with Gasteiger partial charge < -0.3 is 10.2 Å². The van der Waals surface area contributed by atoms with Crippen molar-refractivity contribution in [1.82, 2.24) is 10.2 Å². The van der Waals surface area contributed by atoms with Crippen molar-refractivity contribution in [3.63, 3.8) is 0 Å². The summed E-state index contributed by atoms with van der Waals surface area (Å²) in [4.78, 5) is 2.67. The predicted octanol–water partition coefficient (Wildman–Crippen LogP) is 2.25. The summed E-state index contributed by atoms with van der Waals surface area (Å²) in [5, 5.41) is 3.31. The van der Waals surface area contributed by atoms with Gasteiger partial charge in [-0.1, -0.05) is 12.8 Å². The van der Waals surface area contributed by atoms with Gasteiger partial charge in [0.15, 0.2) is 0 Å². The molecule has 1 saturated heterocycles. The first-order chi connectivity index (χ1) is 6.74. The Balaban J connectivity index is 2.26. The molecule has 2 nitrogen and oxygen atoms in total. The fourth-order valence-corrected chi connectivity index (χ4v) is 2.17. The molecule has 0 aliphatic carbocycles. The zero-order valence-electron chi connectivity index (χ0n) is 10.1.